The zero-order valence-corrected chi connectivity index (χ0v) is 13.1. The number of rotatable bonds is 2. The van der Waals surface area contributed by atoms with Crippen LogP contribution in [-0.2, 0) is 6.54 Å². The molecule has 0 unspecified atom stereocenters. The fraction of sp³-hybridized carbons (Fsp3) is 0.143. The Labute approximate surface area is 131 Å². The second-order valence-corrected chi connectivity index (χ2v) is 5.58. The molecule has 22 heavy (non-hydrogen) atoms. The summed E-state index contributed by atoms with van der Waals surface area (Å²) in [6.45, 7) is 2.17. The summed E-state index contributed by atoms with van der Waals surface area (Å²) in [6, 6.07) is 5.10. The average molecular weight is 363 g/mol. The zero-order valence-electron chi connectivity index (χ0n) is 11.5. The third-order valence-corrected chi connectivity index (χ3v) is 3.77. The summed E-state index contributed by atoms with van der Waals surface area (Å²) in [5.41, 5.74) is -0.827. The Kier molecular flexibility index (Phi) is 3.53. The van der Waals surface area contributed by atoms with Crippen molar-refractivity contribution >= 4 is 26.8 Å². The van der Waals surface area contributed by atoms with Crippen molar-refractivity contribution in [3.63, 3.8) is 0 Å². The van der Waals surface area contributed by atoms with Gasteiger partial charge >= 0.3 is 5.69 Å². The molecule has 0 aliphatic carbocycles. The third kappa shape index (κ3) is 2.41. The van der Waals surface area contributed by atoms with E-state index in [1.54, 1.807) is 25.1 Å². The molecule has 8 heteroatoms. The highest BCUT2D eigenvalue weighted by Gasteiger charge is 2.11. The zero-order chi connectivity index (χ0) is 15.9. The van der Waals surface area contributed by atoms with Gasteiger partial charge in [-0.1, -0.05) is 15.9 Å². The van der Waals surface area contributed by atoms with Crippen LogP contribution in [0.25, 0.3) is 22.3 Å². The van der Waals surface area contributed by atoms with Crippen molar-refractivity contribution < 1.29 is 0 Å². The lowest BCUT2D eigenvalue weighted by Crippen LogP contribution is -2.30. The molecular formula is C14H11BrN4O3. The standard InChI is InChI=1S/C14H11BrN4O3/c1-2-19-6-9(13(21)18-14(19)22)11-16-10-4-3-7(15)5-8(10)12(20)17-11/h3-6H,2H2,1H3,(H,16,17,20)(H,18,21,22). The van der Waals surface area contributed by atoms with Gasteiger partial charge in [0.2, 0.25) is 0 Å². The largest absolute Gasteiger partial charge is 0.328 e. The maximum atomic E-state index is 12.2. The van der Waals surface area contributed by atoms with E-state index in [1.165, 1.54) is 10.8 Å². The van der Waals surface area contributed by atoms with Gasteiger partial charge in [-0.15, -0.1) is 0 Å². The van der Waals surface area contributed by atoms with Crippen LogP contribution in [0.1, 0.15) is 6.92 Å². The van der Waals surface area contributed by atoms with Crippen LogP contribution in [0, 0.1) is 0 Å². The number of benzene rings is 1. The molecule has 2 heterocycles. The van der Waals surface area contributed by atoms with E-state index in [9.17, 15) is 14.4 Å². The summed E-state index contributed by atoms with van der Waals surface area (Å²) in [7, 11) is 0. The first-order valence-corrected chi connectivity index (χ1v) is 7.32. The van der Waals surface area contributed by atoms with Gasteiger partial charge in [0.25, 0.3) is 11.1 Å². The first-order valence-electron chi connectivity index (χ1n) is 6.53. The molecule has 7 nitrogen and oxygen atoms in total. The summed E-state index contributed by atoms with van der Waals surface area (Å²) in [5, 5.41) is 0.415. The van der Waals surface area contributed by atoms with Crippen LogP contribution in [0.15, 0.2) is 43.3 Å². The number of hydrogen-bond acceptors (Lipinski definition) is 4. The van der Waals surface area contributed by atoms with Crippen molar-refractivity contribution in [1.82, 2.24) is 19.5 Å². The number of halogens is 1. The van der Waals surface area contributed by atoms with E-state index in [2.05, 4.69) is 30.9 Å². The highest BCUT2D eigenvalue weighted by Crippen LogP contribution is 2.17. The maximum absolute atomic E-state index is 12.2. The maximum Gasteiger partial charge on any atom is 0.328 e. The van der Waals surface area contributed by atoms with Gasteiger partial charge < -0.3 is 9.55 Å². The molecule has 0 saturated heterocycles. The Morgan fingerprint density at radius 3 is 2.68 bits per heavy atom. The minimum absolute atomic E-state index is 0.128. The minimum atomic E-state index is -0.589. The third-order valence-electron chi connectivity index (χ3n) is 3.27. The molecule has 2 aromatic heterocycles. The molecule has 0 atom stereocenters. The van der Waals surface area contributed by atoms with E-state index in [0.717, 1.165) is 4.47 Å². The highest BCUT2D eigenvalue weighted by molar-refractivity contribution is 9.10. The van der Waals surface area contributed by atoms with Crippen LogP contribution in [-0.4, -0.2) is 19.5 Å². The fourth-order valence-electron chi connectivity index (χ4n) is 2.15. The van der Waals surface area contributed by atoms with Crippen molar-refractivity contribution in [3.05, 3.63) is 60.1 Å². The van der Waals surface area contributed by atoms with Gasteiger partial charge in [-0.05, 0) is 25.1 Å². The lowest BCUT2D eigenvalue weighted by molar-refractivity contribution is 0.694. The molecule has 0 fully saturated rings. The molecule has 0 aliphatic heterocycles. The number of H-pyrrole nitrogens is 2. The van der Waals surface area contributed by atoms with Crippen LogP contribution >= 0.6 is 15.9 Å². The van der Waals surface area contributed by atoms with Crippen molar-refractivity contribution in [2.75, 3.05) is 0 Å². The van der Waals surface area contributed by atoms with Crippen LogP contribution in [0.2, 0.25) is 0 Å². The number of nitrogens with one attached hydrogen (secondary N) is 2. The molecule has 0 amide bonds. The quantitative estimate of drug-likeness (QED) is 0.715. The molecule has 3 aromatic rings. The lowest BCUT2D eigenvalue weighted by Gasteiger charge is -2.05. The minimum Gasteiger partial charge on any atom is -0.306 e. The Bertz CT molecular complexity index is 1050. The van der Waals surface area contributed by atoms with E-state index < -0.39 is 11.2 Å². The number of aromatic nitrogens is 4. The first-order chi connectivity index (χ1) is 10.5. The molecule has 1 aromatic carbocycles. The Morgan fingerprint density at radius 2 is 1.95 bits per heavy atom. The lowest BCUT2D eigenvalue weighted by atomic mass is 10.2. The molecule has 3 rings (SSSR count). The summed E-state index contributed by atoms with van der Waals surface area (Å²) in [4.78, 5) is 44.8. The van der Waals surface area contributed by atoms with Gasteiger partial charge in [-0.2, -0.15) is 0 Å². The molecule has 2 N–H and O–H groups in total. The average Bonchev–Trinajstić information content (AvgIpc) is 2.48. The number of aromatic amines is 2. The SMILES string of the molecule is CCn1cc(-c2nc3ccc(Br)cc3c(=O)[nH]2)c(=O)[nH]c1=O. The van der Waals surface area contributed by atoms with Crippen LogP contribution in [0.4, 0.5) is 0 Å². The molecular weight excluding hydrogens is 352 g/mol. The van der Waals surface area contributed by atoms with Gasteiger partial charge in [-0.3, -0.25) is 14.6 Å². The van der Waals surface area contributed by atoms with Crippen molar-refractivity contribution in [1.29, 1.82) is 0 Å². The van der Waals surface area contributed by atoms with E-state index in [-0.39, 0.29) is 16.9 Å². The summed E-state index contributed by atoms with van der Waals surface area (Å²) < 4.78 is 2.10. The summed E-state index contributed by atoms with van der Waals surface area (Å²) in [6.07, 6.45) is 1.39. The van der Waals surface area contributed by atoms with E-state index in [0.29, 0.717) is 17.4 Å². The van der Waals surface area contributed by atoms with E-state index in [4.69, 9.17) is 0 Å². The topological polar surface area (TPSA) is 101 Å². The van der Waals surface area contributed by atoms with Gasteiger partial charge in [0.15, 0.2) is 0 Å². The van der Waals surface area contributed by atoms with Crippen molar-refractivity contribution in [3.8, 4) is 11.4 Å². The monoisotopic (exact) mass is 362 g/mol. The number of hydrogen-bond donors (Lipinski definition) is 2. The predicted molar refractivity (Wildman–Crippen MR) is 86.1 cm³/mol. The number of aryl methyl sites for hydroxylation is 1. The van der Waals surface area contributed by atoms with Crippen LogP contribution in [0.3, 0.4) is 0 Å². The highest BCUT2D eigenvalue weighted by atomic mass is 79.9. The predicted octanol–water partition coefficient (Wildman–Crippen LogP) is 1.22. The van der Waals surface area contributed by atoms with Crippen molar-refractivity contribution in [2.45, 2.75) is 13.5 Å². The van der Waals surface area contributed by atoms with Crippen LogP contribution in [0.5, 0.6) is 0 Å². The normalized spacial score (nSPS) is 11.0. The Balaban J connectivity index is 2.32. The number of nitrogens with zero attached hydrogens (tertiary/aromatic N) is 2. The molecule has 0 spiro atoms. The van der Waals surface area contributed by atoms with Crippen LogP contribution < -0.4 is 16.8 Å². The smallest absolute Gasteiger partial charge is 0.306 e. The van der Waals surface area contributed by atoms with Gasteiger partial charge in [-0.25, -0.2) is 9.78 Å². The molecule has 0 radical (unpaired) electrons. The molecule has 0 saturated carbocycles. The second kappa shape index (κ2) is 5.38. The van der Waals surface area contributed by atoms with E-state index in [1.807, 2.05) is 0 Å². The van der Waals surface area contributed by atoms with Gasteiger partial charge in [0.05, 0.1) is 16.5 Å². The first kappa shape index (κ1) is 14.5. The summed E-state index contributed by atoms with van der Waals surface area (Å²) >= 11 is 3.29. The van der Waals surface area contributed by atoms with Gasteiger partial charge in [0.1, 0.15) is 5.82 Å². The van der Waals surface area contributed by atoms with E-state index >= 15 is 0 Å². The second-order valence-electron chi connectivity index (χ2n) is 4.66. The fourth-order valence-corrected chi connectivity index (χ4v) is 2.51. The summed E-state index contributed by atoms with van der Waals surface area (Å²) in [5.74, 6) is 0.128. The molecule has 112 valence electrons. The number of fused-ring (bicyclic) bond motifs is 1. The van der Waals surface area contributed by atoms with Gasteiger partial charge in [0, 0.05) is 17.2 Å². The van der Waals surface area contributed by atoms with Crippen molar-refractivity contribution in [2.24, 2.45) is 0 Å². The Hall–Kier alpha value is -2.48. The molecule has 0 aliphatic rings. The Morgan fingerprint density at radius 1 is 1.18 bits per heavy atom. The molecule has 0 bridgehead atoms.